The van der Waals surface area contributed by atoms with Gasteiger partial charge in [0.2, 0.25) is 17.7 Å². The fourth-order valence-corrected chi connectivity index (χ4v) is 4.15. The van der Waals surface area contributed by atoms with Crippen molar-refractivity contribution in [3.8, 4) is 0 Å². The molecule has 1 aliphatic carbocycles. The van der Waals surface area contributed by atoms with Crippen molar-refractivity contribution in [3.05, 3.63) is 0 Å². The maximum absolute atomic E-state index is 12.3. The van der Waals surface area contributed by atoms with E-state index in [0.29, 0.717) is 19.3 Å². The van der Waals surface area contributed by atoms with Crippen molar-refractivity contribution in [2.75, 3.05) is 7.05 Å². The molecule has 0 aromatic rings. The van der Waals surface area contributed by atoms with Crippen molar-refractivity contribution in [2.45, 2.75) is 40.0 Å². The number of carbonyl (C=O) groups is 3. The van der Waals surface area contributed by atoms with Crippen LogP contribution in [0.25, 0.3) is 0 Å². The summed E-state index contributed by atoms with van der Waals surface area (Å²) < 4.78 is 0. The lowest BCUT2D eigenvalue weighted by molar-refractivity contribution is -0.177. The van der Waals surface area contributed by atoms with Crippen molar-refractivity contribution in [1.82, 2.24) is 4.90 Å². The zero-order valence-corrected chi connectivity index (χ0v) is 11.4. The van der Waals surface area contributed by atoms with Gasteiger partial charge in [-0.15, -0.1) is 0 Å². The third-order valence-corrected chi connectivity index (χ3v) is 4.58. The normalized spacial score (nSPS) is 44.1. The monoisotopic (exact) mass is 252 g/mol. The first-order valence-electron chi connectivity index (χ1n) is 6.17. The average Bonchev–Trinajstić information content (AvgIpc) is 2.22. The molecule has 2 atom stereocenters. The van der Waals surface area contributed by atoms with Crippen LogP contribution >= 0.6 is 0 Å². The van der Waals surface area contributed by atoms with E-state index in [9.17, 15) is 14.4 Å². The number of amides is 3. The minimum atomic E-state index is -0.783. The van der Waals surface area contributed by atoms with Gasteiger partial charge in [-0.3, -0.25) is 19.3 Å². The van der Waals surface area contributed by atoms with Crippen LogP contribution in [-0.4, -0.2) is 29.7 Å². The second kappa shape index (κ2) is 3.33. The minimum Gasteiger partial charge on any atom is -0.369 e. The summed E-state index contributed by atoms with van der Waals surface area (Å²) in [4.78, 5) is 37.4. The molecule has 1 aliphatic heterocycles. The number of hydrogen-bond donors (Lipinski definition) is 1. The number of hydrogen-bond acceptors (Lipinski definition) is 3. The first-order valence-corrected chi connectivity index (χ1v) is 6.17. The molecule has 18 heavy (non-hydrogen) atoms. The predicted molar refractivity (Wildman–Crippen MR) is 65.1 cm³/mol. The van der Waals surface area contributed by atoms with Gasteiger partial charge < -0.3 is 5.73 Å². The van der Waals surface area contributed by atoms with Crippen molar-refractivity contribution >= 4 is 17.7 Å². The number of likely N-dealkylation sites (tertiary alicyclic amines) is 1. The molecule has 0 aromatic carbocycles. The molecule has 2 unspecified atom stereocenters. The van der Waals surface area contributed by atoms with Crippen LogP contribution in [0.15, 0.2) is 0 Å². The molecule has 1 heterocycles. The summed E-state index contributed by atoms with van der Waals surface area (Å²) in [6, 6.07) is 0. The molecule has 0 spiro atoms. The third kappa shape index (κ3) is 1.49. The Balaban J connectivity index is 2.53. The predicted octanol–water partition coefficient (Wildman–Crippen LogP) is 0.673. The van der Waals surface area contributed by atoms with E-state index in [1.807, 2.05) is 13.8 Å². The number of nitrogens with zero attached hydrogens (tertiary/aromatic N) is 1. The van der Waals surface area contributed by atoms with Crippen LogP contribution < -0.4 is 5.73 Å². The highest BCUT2D eigenvalue weighted by atomic mass is 16.2. The van der Waals surface area contributed by atoms with Crippen LogP contribution in [0.3, 0.4) is 0 Å². The number of piperidine rings is 1. The Labute approximate surface area is 107 Å². The largest absolute Gasteiger partial charge is 0.369 e. The molecule has 0 radical (unpaired) electrons. The molecule has 100 valence electrons. The lowest BCUT2D eigenvalue weighted by Gasteiger charge is -2.55. The van der Waals surface area contributed by atoms with E-state index in [-0.39, 0.29) is 11.8 Å². The molecule has 5 heteroatoms. The number of imide groups is 1. The standard InChI is InChI=1S/C13H20N2O3/c1-11(8(14)16)5-12(2)7-13(3,6-11)10(18)15(4)9(12)17/h5-7H2,1-4H3,(H2,14,16). The van der Waals surface area contributed by atoms with Crippen molar-refractivity contribution in [2.24, 2.45) is 22.0 Å². The Morgan fingerprint density at radius 2 is 1.44 bits per heavy atom. The van der Waals surface area contributed by atoms with Gasteiger partial charge in [-0.05, 0) is 19.3 Å². The highest BCUT2D eigenvalue weighted by molar-refractivity contribution is 6.04. The van der Waals surface area contributed by atoms with Gasteiger partial charge >= 0.3 is 0 Å². The van der Waals surface area contributed by atoms with Crippen LogP contribution in [0.2, 0.25) is 0 Å². The molecule has 2 fully saturated rings. The second-order valence-corrected chi connectivity index (χ2v) is 6.75. The Hall–Kier alpha value is -1.39. The quantitative estimate of drug-likeness (QED) is 0.697. The Morgan fingerprint density at radius 1 is 1.06 bits per heavy atom. The molecule has 2 aliphatic rings. The first kappa shape index (κ1) is 13.1. The average molecular weight is 252 g/mol. The molecule has 2 rings (SSSR count). The zero-order valence-electron chi connectivity index (χ0n) is 11.4. The van der Waals surface area contributed by atoms with E-state index in [1.165, 1.54) is 11.9 Å². The molecule has 5 nitrogen and oxygen atoms in total. The number of nitrogens with two attached hydrogens (primary N) is 1. The maximum atomic E-state index is 12.3. The van der Waals surface area contributed by atoms with Crippen molar-refractivity contribution in [1.29, 1.82) is 0 Å². The Kier molecular flexibility index (Phi) is 2.42. The number of primary amides is 1. The zero-order chi connectivity index (χ0) is 13.9. The lowest BCUT2D eigenvalue weighted by atomic mass is 9.51. The van der Waals surface area contributed by atoms with Gasteiger partial charge in [0.1, 0.15) is 0 Å². The highest BCUT2D eigenvalue weighted by Gasteiger charge is 2.62. The lowest BCUT2D eigenvalue weighted by Crippen LogP contribution is -2.63. The fourth-order valence-electron chi connectivity index (χ4n) is 4.15. The van der Waals surface area contributed by atoms with E-state index in [1.54, 1.807) is 6.92 Å². The van der Waals surface area contributed by atoms with E-state index in [4.69, 9.17) is 5.73 Å². The molecular formula is C13H20N2O3. The molecular weight excluding hydrogens is 232 g/mol. The third-order valence-electron chi connectivity index (χ3n) is 4.58. The first-order chi connectivity index (χ1) is 8.04. The summed E-state index contributed by atoms with van der Waals surface area (Å²) in [7, 11) is 1.52. The van der Waals surface area contributed by atoms with Crippen LogP contribution in [-0.2, 0) is 14.4 Å². The summed E-state index contributed by atoms with van der Waals surface area (Å²) in [5.41, 5.74) is 3.36. The van der Waals surface area contributed by atoms with Gasteiger partial charge in [-0.2, -0.15) is 0 Å². The van der Waals surface area contributed by atoms with E-state index < -0.39 is 22.2 Å². The second-order valence-electron chi connectivity index (χ2n) is 6.75. The van der Waals surface area contributed by atoms with Crippen LogP contribution in [0.5, 0.6) is 0 Å². The van der Waals surface area contributed by atoms with Gasteiger partial charge in [-0.25, -0.2) is 0 Å². The highest BCUT2D eigenvalue weighted by Crippen LogP contribution is 2.57. The molecule has 1 saturated carbocycles. The summed E-state index contributed by atoms with van der Waals surface area (Å²) in [6.07, 6.45) is 1.34. The van der Waals surface area contributed by atoms with Gasteiger partial charge in [-0.1, -0.05) is 20.8 Å². The summed E-state index contributed by atoms with van der Waals surface area (Å²) in [5.74, 6) is -0.820. The van der Waals surface area contributed by atoms with Crippen molar-refractivity contribution in [3.63, 3.8) is 0 Å². The number of rotatable bonds is 1. The summed E-state index contributed by atoms with van der Waals surface area (Å²) in [5, 5.41) is 0. The topological polar surface area (TPSA) is 80.5 Å². The van der Waals surface area contributed by atoms with Gasteiger partial charge in [0.15, 0.2) is 0 Å². The van der Waals surface area contributed by atoms with E-state index in [0.717, 1.165) is 0 Å². The minimum absolute atomic E-state index is 0.197. The van der Waals surface area contributed by atoms with Crippen molar-refractivity contribution < 1.29 is 14.4 Å². The van der Waals surface area contributed by atoms with Gasteiger partial charge in [0, 0.05) is 23.3 Å². The molecule has 2 bridgehead atoms. The Morgan fingerprint density at radius 3 is 1.78 bits per heavy atom. The molecule has 1 saturated heterocycles. The van der Waals surface area contributed by atoms with Crippen LogP contribution in [0.1, 0.15) is 40.0 Å². The van der Waals surface area contributed by atoms with Crippen LogP contribution in [0, 0.1) is 16.2 Å². The van der Waals surface area contributed by atoms with Gasteiger partial charge in [0.25, 0.3) is 0 Å². The number of carbonyl (C=O) groups excluding carboxylic acids is 3. The summed E-state index contributed by atoms with van der Waals surface area (Å²) >= 11 is 0. The van der Waals surface area contributed by atoms with Crippen LogP contribution in [0.4, 0.5) is 0 Å². The molecule has 0 aromatic heterocycles. The Bertz CT molecular complexity index is 429. The fraction of sp³-hybridized carbons (Fsp3) is 0.769. The smallest absolute Gasteiger partial charge is 0.234 e. The molecule has 2 N–H and O–H groups in total. The number of fused-ring (bicyclic) bond motifs is 2. The van der Waals surface area contributed by atoms with E-state index in [2.05, 4.69) is 0 Å². The SMILES string of the molecule is CN1C(=O)C2(C)CC(C)(C(N)=O)CC(C)(C2)C1=O. The molecule has 3 amide bonds. The van der Waals surface area contributed by atoms with E-state index >= 15 is 0 Å². The maximum Gasteiger partial charge on any atom is 0.234 e. The summed E-state index contributed by atoms with van der Waals surface area (Å²) in [6.45, 7) is 5.42. The van der Waals surface area contributed by atoms with Gasteiger partial charge in [0.05, 0.1) is 0 Å².